The van der Waals surface area contributed by atoms with Crippen LogP contribution in [0.1, 0.15) is 42.0 Å². The third-order valence-corrected chi connectivity index (χ3v) is 6.20. The lowest BCUT2D eigenvalue weighted by atomic mass is 9.95. The van der Waals surface area contributed by atoms with Crippen LogP contribution in [0.25, 0.3) is 0 Å². The standard InChI is InChI=1S/C23H28N2O4S/c1-4-24(5-2)12-13-25-20(16-9-7-10-17(15-16)29-6-3)19(22(27)23(25)28)21(26)18-11-8-14-30-18/h7-11,14-15,20,27H,4-6,12-13H2,1-3H3. The first-order chi connectivity index (χ1) is 14.5. The van der Waals surface area contributed by atoms with Gasteiger partial charge in [-0.1, -0.05) is 32.0 Å². The van der Waals surface area contributed by atoms with E-state index in [1.165, 1.54) is 11.3 Å². The molecule has 1 aromatic heterocycles. The summed E-state index contributed by atoms with van der Waals surface area (Å²) in [6.07, 6.45) is 0. The van der Waals surface area contributed by atoms with Gasteiger partial charge in [-0.2, -0.15) is 0 Å². The van der Waals surface area contributed by atoms with Gasteiger partial charge in [0.15, 0.2) is 5.76 Å². The smallest absolute Gasteiger partial charge is 0.290 e. The zero-order valence-corrected chi connectivity index (χ0v) is 18.4. The van der Waals surface area contributed by atoms with Crippen molar-refractivity contribution in [2.75, 3.05) is 32.8 Å². The number of nitrogens with zero attached hydrogens (tertiary/aromatic N) is 2. The Labute approximate surface area is 181 Å². The van der Waals surface area contributed by atoms with Crippen LogP contribution in [0.4, 0.5) is 0 Å². The minimum atomic E-state index is -0.650. The van der Waals surface area contributed by atoms with Crippen LogP contribution in [-0.2, 0) is 4.79 Å². The van der Waals surface area contributed by atoms with Crippen LogP contribution >= 0.6 is 11.3 Å². The Kier molecular flexibility index (Phi) is 7.29. The lowest BCUT2D eigenvalue weighted by Gasteiger charge is -2.29. The number of Topliss-reactive ketones (excluding diaryl/α,β-unsaturated/α-hetero) is 1. The van der Waals surface area contributed by atoms with E-state index >= 15 is 0 Å². The summed E-state index contributed by atoms with van der Waals surface area (Å²) >= 11 is 1.30. The van der Waals surface area contributed by atoms with E-state index in [-0.39, 0.29) is 11.4 Å². The van der Waals surface area contributed by atoms with E-state index < -0.39 is 17.7 Å². The predicted octanol–water partition coefficient (Wildman–Crippen LogP) is 4.07. The van der Waals surface area contributed by atoms with Gasteiger partial charge in [-0.15, -0.1) is 11.3 Å². The van der Waals surface area contributed by atoms with Crippen molar-refractivity contribution < 1.29 is 19.4 Å². The summed E-state index contributed by atoms with van der Waals surface area (Å²) in [5.41, 5.74) is 0.883. The first-order valence-corrected chi connectivity index (χ1v) is 11.2. The molecule has 1 aliphatic heterocycles. The van der Waals surface area contributed by atoms with Crippen molar-refractivity contribution in [2.24, 2.45) is 0 Å². The van der Waals surface area contributed by atoms with Gasteiger partial charge in [0.2, 0.25) is 5.78 Å². The first kappa shape index (κ1) is 22.1. The van der Waals surface area contributed by atoms with Gasteiger partial charge in [0.25, 0.3) is 5.91 Å². The number of carbonyl (C=O) groups is 2. The minimum absolute atomic E-state index is 0.135. The Hall–Kier alpha value is -2.64. The number of likely N-dealkylation sites (N-methyl/N-ethyl adjacent to an activating group) is 1. The molecule has 0 bridgehead atoms. The van der Waals surface area contributed by atoms with E-state index in [1.54, 1.807) is 17.0 Å². The first-order valence-electron chi connectivity index (χ1n) is 10.3. The number of benzene rings is 1. The number of ether oxygens (including phenoxy) is 1. The molecule has 30 heavy (non-hydrogen) atoms. The molecule has 0 saturated heterocycles. The Morgan fingerprint density at radius 3 is 2.60 bits per heavy atom. The normalized spacial score (nSPS) is 16.6. The van der Waals surface area contributed by atoms with Gasteiger partial charge in [0.1, 0.15) is 5.75 Å². The Bertz CT molecular complexity index is 919. The van der Waals surface area contributed by atoms with E-state index in [1.807, 2.05) is 36.6 Å². The van der Waals surface area contributed by atoms with Crippen molar-refractivity contribution >= 4 is 23.0 Å². The maximum atomic E-state index is 13.2. The van der Waals surface area contributed by atoms with Crippen LogP contribution in [-0.4, -0.2) is 59.4 Å². The third-order valence-electron chi connectivity index (χ3n) is 5.33. The molecule has 2 aromatic rings. The second kappa shape index (κ2) is 9.91. The monoisotopic (exact) mass is 428 g/mol. The van der Waals surface area contributed by atoms with Crippen LogP contribution < -0.4 is 4.74 Å². The molecular formula is C23H28N2O4S. The summed E-state index contributed by atoms with van der Waals surface area (Å²) in [7, 11) is 0. The van der Waals surface area contributed by atoms with Crippen LogP contribution in [0.3, 0.4) is 0 Å². The van der Waals surface area contributed by atoms with Crippen LogP contribution in [0.2, 0.25) is 0 Å². The molecule has 3 rings (SSSR count). The lowest BCUT2D eigenvalue weighted by Crippen LogP contribution is -2.38. The number of rotatable bonds is 10. The van der Waals surface area contributed by atoms with Crippen molar-refractivity contribution in [1.29, 1.82) is 0 Å². The van der Waals surface area contributed by atoms with Crippen LogP contribution in [0.15, 0.2) is 53.1 Å². The zero-order chi connectivity index (χ0) is 21.7. The van der Waals surface area contributed by atoms with Crippen molar-refractivity contribution in [3.05, 3.63) is 63.6 Å². The fraction of sp³-hybridized carbons (Fsp3) is 0.391. The quantitative estimate of drug-likeness (QED) is 0.578. The molecule has 160 valence electrons. The number of thiophene rings is 1. The molecule has 6 nitrogen and oxygen atoms in total. The van der Waals surface area contributed by atoms with Crippen molar-refractivity contribution in [1.82, 2.24) is 9.80 Å². The molecule has 0 fully saturated rings. The lowest BCUT2D eigenvalue weighted by molar-refractivity contribution is -0.129. The maximum absolute atomic E-state index is 13.2. The molecule has 1 aromatic carbocycles. The second-order valence-electron chi connectivity index (χ2n) is 7.00. The minimum Gasteiger partial charge on any atom is -0.503 e. The molecule has 0 radical (unpaired) electrons. The molecule has 1 aliphatic rings. The molecule has 2 heterocycles. The molecule has 0 saturated carbocycles. The average molecular weight is 429 g/mol. The number of aliphatic hydroxyl groups excluding tert-OH is 1. The highest BCUT2D eigenvalue weighted by Crippen LogP contribution is 2.40. The van der Waals surface area contributed by atoms with Crippen molar-refractivity contribution in [2.45, 2.75) is 26.8 Å². The Morgan fingerprint density at radius 2 is 1.97 bits per heavy atom. The van der Waals surface area contributed by atoms with Gasteiger partial charge in [-0.3, -0.25) is 9.59 Å². The van der Waals surface area contributed by atoms with E-state index in [4.69, 9.17) is 4.74 Å². The zero-order valence-electron chi connectivity index (χ0n) is 17.6. The highest BCUT2D eigenvalue weighted by atomic mass is 32.1. The summed E-state index contributed by atoms with van der Waals surface area (Å²) in [6.45, 7) is 9.36. The van der Waals surface area contributed by atoms with Crippen LogP contribution in [0, 0.1) is 0 Å². The summed E-state index contributed by atoms with van der Waals surface area (Å²) in [5, 5.41) is 12.5. The van der Waals surface area contributed by atoms with Gasteiger partial charge in [0, 0.05) is 13.1 Å². The van der Waals surface area contributed by atoms with E-state index in [2.05, 4.69) is 18.7 Å². The molecular weight excluding hydrogens is 400 g/mol. The van der Waals surface area contributed by atoms with Gasteiger partial charge in [-0.25, -0.2) is 0 Å². The average Bonchev–Trinajstić information content (AvgIpc) is 3.37. The molecule has 0 aliphatic carbocycles. The van der Waals surface area contributed by atoms with Gasteiger partial charge in [0.05, 0.1) is 23.1 Å². The largest absolute Gasteiger partial charge is 0.503 e. The van der Waals surface area contributed by atoms with E-state index in [9.17, 15) is 14.7 Å². The number of hydrogen-bond acceptors (Lipinski definition) is 6. The summed E-state index contributed by atoms with van der Waals surface area (Å²) in [4.78, 5) is 30.5. The Balaban J connectivity index is 2.02. The predicted molar refractivity (Wildman–Crippen MR) is 118 cm³/mol. The highest BCUT2D eigenvalue weighted by molar-refractivity contribution is 7.12. The maximum Gasteiger partial charge on any atom is 0.290 e. The van der Waals surface area contributed by atoms with Crippen LogP contribution in [0.5, 0.6) is 5.75 Å². The molecule has 0 spiro atoms. The fourth-order valence-corrected chi connectivity index (χ4v) is 4.41. The third kappa shape index (κ3) is 4.42. The SMILES string of the molecule is CCOc1cccc(C2C(C(=O)c3cccs3)=C(O)C(=O)N2CCN(CC)CC)c1. The van der Waals surface area contributed by atoms with E-state index in [0.29, 0.717) is 30.3 Å². The molecule has 1 N–H and O–H groups in total. The van der Waals surface area contributed by atoms with Crippen molar-refractivity contribution in [3.63, 3.8) is 0 Å². The fourth-order valence-electron chi connectivity index (χ4n) is 3.73. The number of amides is 1. The summed E-state index contributed by atoms with van der Waals surface area (Å²) in [5.74, 6) is -0.609. The summed E-state index contributed by atoms with van der Waals surface area (Å²) < 4.78 is 5.62. The van der Waals surface area contributed by atoms with Crippen molar-refractivity contribution in [3.8, 4) is 5.75 Å². The Morgan fingerprint density at radius 1 is 1.20 bits per heavy atom. The second-order valence-corrected chi connectivity index (χ2v) is 7.95. The topological polar surface area (TPSA) is 70.1 Å². The van der Waals surface area contributed by atoms with Gasteiger partial charge < -0.3 is 19.6 Å². The number of carbonyl (C=O) groups excluding carboxylic acids is 2. The van der Waals surface area contributed by atoms with Gasteiger partial charge in [-0.05, 0) is 49.2 Å². The van der Waals surface area contributed by atoms with Gasteiger partial charge >= 0.3 is 0 Å². The molecule has 7 heteroatoms. The molecule has 1 unspecified atom stereocenters. The summed E-state index contributed by atoms with van der Waals surface area (Å²) in [6, 6.07) is 10.2. The molecule has 1 amide bonds. The molecule has 1 atom stereocenters. The number of ketones is 1. The highest BCUT2D eigenvalue weighted by Gasteiger charge is 2.44. The number of aliphatic hydroxyl groups is 1. The van der Waals surface area contributed by atoms with E-state index in [0.717, 1.165) is 18.7 Å². The number of hydrogen-bond donors (Lipinski definition) is 1.